The van der Waals surface area contributed by atoms with E-state index >= 15 is 0 Å². The summed E-state index contributed by atoms with van der Waals surface area (Å²) in [5, 5.41) is 0. The number of unbranched alkanes of at least 4 members (excludes halogenated alkanes) is 1. The first-order valence-electron chi connectivity index (χ1n) is 5.66. The number of terminal acetylenes is 1. The Hall–Kier alpha value is -1.01. The zero-order valence-corrected chi connectivity index (χ0v) is 9.24. The summed E-state index contributed by atoms with van der Waals surface area (Å²) in [6.45, 7) is 3.26. The van der Waals surface area contributed by atoms with Crippen LogP contribution in [0.4, 0.5) is 0 Å². The summed E-state index contributed by atoms with van der Waals surface area (Å²) in [5.41, 5.74) is 5.18. The fraction of sp³-hybridized carbons (Fsp3) is 0.750. The second-order valence-electron chi connectivity index (χ2n) is 4.26. The minimum atomic E-state index is -0.166. The standard InChI is InChI=1S/C12H20N2O/c1-2-3-4-7-14-8-5-11(6-9-14)10-12(13)15/h1,11H,3-10H2,(H2,13,15). The molecule has 15 heavy (non-hydrogen) atoms. The van der Waals surface area contributed by atoms with Crippen LogP contribution in [0.3, 0.4) is 0 Å². The van der Waals surface area contributed by atoms with E-state index in [4.69, 9.17) is 12.2 Å². The molecule has 0 unspecified atom stereocenters. The van der Waals surface area contributed by atoms with Crippen LogP contribution >= 0.6 is 0 Å². The molecule has 0 aromatic heterocycles. The highest BCUT2D eigenvalue weighted by Crippen LogP contribution is 2.20. The first-order valence-corrected chi connectivity index (χ1v) is 5.66. The molecule has 2 N–H and O–H groups in total. The number of rotatable bonds is 5. The van der Waals surface area contributed by atoms with Crippen molar-refractivity contribution in [2.75, 3.05) is 19.6 Å². The molecule has 0 aromatic rings. The summed E-state index contributed by atoms with van der Waals surface area (Å²) in [5.74, 6) is 2.99. The van der Waals surface area contributed by atoms with Crippen LogP contribution in [0.25, 0.3) is 0 Å². The van der Waals surface area contributed by atoms with Gasteiger partial charge in [0.25, 0.3) is 0 Å². The van der Waals surface area contributed by atoms with Crippen molar-refractivity contribution in [3.63, 3.8) is 0 Å². The number of hydrogen-bond acceptors (Lipinski definition) is 2. The predicted octanol–water partition coefficient (Wildman–Crippen LogP) is 0.987. The number of nitrogens with two attached hydrogens (primary N) is 1. The maximum absolute atomic E-state index is 10.7. The van der Waals surface area contributed by atoms with E-state index in [1.807, 2.05) is 0 Å². The summed E-state index contributed by atoms with van der Waals surface area (Å²) < 4.78 is 0. The highest BCUT2D eigenvalue weighted by atomic mass is 16.1. The zero-order valence-electron chi connectivity index (χ0n) is 9.24. The van der Waals surface area contributed by atoms with Crippen LogP contribution < -0.4 is 5.73 Å². The molecule has 1 heterocycles. The molecule has 3 nitrogen and oxygen atoms in total. The van der Waals surface area contributed by atoms with E-state index in [0.29, 0.717) is 12.3 Å². The summed E-state index contributed by atoms with van der Waals surface area (Å²) in [6.07, 6.45) is 9.89. The van der Waals surface area contributed by atoms with Gasteiger partial charge < -0.3 is 10.6 Å². The maximum atomic E-state index is 10.7. The first kappa shape index (κ1) is 12.1. The average molecular weight is 208 g/mol. The Morgan fingerprint density at radius 3 is 2.67 bits per heavy atom. The lowest BCUT2D eigenvalue weighted by atomic mass is 9.93. The fourth-order valence-electron chi connectivity index (χ4n) is 2.10. The topological polar surface area (TPSA) is 46.3 Å². The molecule has 1 amide bonds. The number of primary amides is 1. The third-order valence-electron chi connectivity index (χ3n) is 2.99. The number of nitrogens with zero attached hydrogens (tertiary/aromatic N) is 1. The van der Waals surface area contributed by atoms with Gasteiger partial charge in [-0.1, -0.05) is 0 Å². The molecule has 1 aliphatic heterocycles. The van der Waals surface area contributed by atoms with Gasteiger partial charge in [-0.3, -0.25) is 4.79 Å². The molecule has 1 fully saturated rings. The van der Waals surface area contributed by atoms with Gasteiger partial charge in [0.1, 0.15) is 0 Å². The average Bonchev–Trinajstić information content (AvgIpc) is 2.20. The van der Waals surface area contributed by atoms with E-state index in [2.05, 4.69) is 10.8 Å². The number of likely N-dealkylation sites (tertiary alicyclic amines) is 1. The molecule has 1 rings (SSSR count). The van der Waals surface area contributed by atoms with Gasteiger partial charge in [-0.2, -0.15) is 0 Å². The summed E-state index contributed by atoms with van der Waals surface area (Å²) >= 11 is 0. The Labute approximate surface area is 92.0 Å². The molecule has 1 saturated heterocycles. The van der Waals surface area contributed by atoms with E-state index in [1.54, 1.807) is 0 Å². The zero-order chi connectivity index (χ0) is 11.1. The van der Waals surface area contributed by atoms with E-state index in [0.717, 1.165) is 45.3 Å². The van der Waals surface area contributed by atoms with Crippen molar-refractivity contribution in [3.05, 3.63) is 0 Å². The molecule has 3 heteroatoms. The Morgan fingerprint density at radius 2 is 2.13 bits per heavy atom. The van der Waals surface area contributed by atoms with E-state index in [-0.39, 0.29) is 5.91 Å². The molecule has 0 spiro atoms. The van der Waals surface area contributed by atoms with Crippen molar-refractivity contribution in [2.24, 2.45) is 11.7 Å². The van der Waals surface area contributed by atoms with Crippen LogP contribution in [0.2, 0.25) is 0 Å². The largest absolute Gasteiger partial charge is 0.370 e. The summed E-state index contributed by atoms with van der Waals surface area (Å²) in [4.78, 5) is 13.2. The molecule has 0 saturated carbocycles. The second kappa shape index (κ2) is 6.47. The van der Waals surface area contributed by atoms with Crippen LogP contribution in [-0.2, 0) is 4.79 Å². The number of hydrogen-bond donors (Lipinski definition) is 1. The molecule has 0 atom stereocenters. The molecular formula is C12H20N2O. The highest BCUT2D eigenvalue weighted by Gasteiger charge is 2.19. The number of piperidine rings is 1. The lowest BCUT2D eigenvalue weighted by Crippen LogP contribution is -2.35. The second-order valence-corrected chi connectivity index (χ2v) is 4.26. The van der Waals surface area contributed by atoms with Crippen molar-refractivity contribution >= 4 is 5.91 Å². The number of carbonyl (C=O) groups is 1. The normalized spacial score (nSPS) is 18.6. The minimum absolute atomic E-state index is 0.166. The smallest absolute Gasteiger partial charge is 0.217 e. The molecular weight excluding hydrogens is 188 g/mol. The third kappa shape index (κ3) is 4.85. The van der Waals surface area contributed by atoms with Crippen molar-refractivity contribution in [3.8, 4) is 12.3 Å². The SMILES string of the molecule is C#CCCCN1CCC(CC(N)=O)CC1. The van der Waals surface area contributed by atoms with Crippen LogP contribution in [0.1, 0.15) is 32.1 Å². The lowest BCUT2D eigenvalue weighted by Gasteiger charge is -2.31. The Bertz CT molecular complexity index is 236. The predicted molar refractivity (Wildman–Crippen MR) is 61.0 cm³/mol. The summed E-state index contributed by atoms with van der Waals surface area (Å²) in [6, 6.07) is 0. The first-order chi connectivity index (χ1) is 7.22. The molecule has 0 bridgehead atoms. The van der Waals surface area contributed by atoms with Gasteiger partial charge in [-0.25, -0.2) is 0 Å². The van der Waals surface area contributed by atoms with Gasteiger partial charge >= 0.3 is 0 Å². The lowest BCUT2D eigenvalue weighted by molar-refractivity contribution is -0.119. The van der Waals surface area contributed by atoms with E-state index in [9.17, 15) is 4.79 Å². The van der Waals surface area contributed by atoms with Crippen LogP contribution in [0.5, 0.6) is 0 Å². The van der Waals surface area contributed by atoms with Crippen molar-refractivity contribution in [1.29, 1.82) is 0 Å². The van der Waals surface area contributed by atoms with Gasteiger partial charge in [0, 0.05) is 12.8 Å². The van der Waals surface area contributed by atoms with Gasteiger partial charge in [0.15, 0.2) is 0 Å². The molecule has 0 aromatic carbocycles. The van der Waals surface area contributed by atoms with Crippen molar-refractivity contribution in [1.82, 2.24) is 4.90 Å². The van der Waals surface area contributed by atoms with E-state index in [1.165, 1.54) is 0 Å². The molecule has 1 aliphatic rings. The van der Waals surface area contributed by atoms with Gasteiger partial charge in [0.2, 0.25) is 5.91 Å². The Balaban J connectivity index is 2.13. The van der Waals surface area contributed by atoms with Crippen molar-refractivity contribution in [2.45, 2.75) is 32.1 Å². The van der Waals surface area contributed by atoms with Gasteiger partial charge in [-0.15, -0.1) is 12.3 Å². The quantitative estimate of drug-likeness (QED) is 0.541. The maximum Gasteiger partial charge on any atom is 0.217 e. The minimum Gasteiger partial charge on any atom is -0.370 e. The number of carbonyl (C=O) groups excluding carboxylic acids is 1. The highest BCUT2D eigenvalue weighted by molar-refractivity contribution is 5.73. The van der Waals surface area contributed by atoms with Crippen LogP contribution in [0.15, 0.2) is 0 Å². The van der Waals surface area contributed by atoms with Gasteiger partial charge in [0.05, 0.1) is 0 Å². The Morgan fingerprint density at radius 1 is 1.47 bits per heavy atom. The molecule has 84 valence electrons. The summed E-state index contributed by atoms with van der Waals surface area (Å²) in [7, 11) is 0. The molecule has 0 aliphatic carbocycles. The third-order valence-corrected chi connectivity index (χ3v) is 2.99. The van der Waals surface area contributed by atoms with Crippen LogP contribution in [-0.4, -0.2) is 30.4 Å². The van der Waals surface area contributed by atoms with Crippen LogP contribution in [0, 0.1) is 18.3 Å². The van der Waals surface area contributed by atoms with E-state index < -0.39 is 0 Å². The Kier molecular flexibility index (Phi) is 5.20. The number of amides is 1. The monoisotopic (exact) mass is 208 g/mol. The molecule has 0 radical (unpaired) electrons. The van der Waals surface area contributed by atoms with Crippen molar-refractivity contribution < 1.29 is 4.79 Å². The van der Waals surface area contributed by atoms with Gasteiger partial charge in [-0.05, 0) is 44.8 Å². The fourth-order valence-corrected chi connectivity index (χ4v) is 2.10.